The fourth-order valence-electron chi connectivity index (χ4n) is 8.76. The molecule has 0 N–H and O–H groups in total. The van der Waals surface area contributed by atoms with Crippen LogP contribution in [0.15, 0.2) is 0 Å². The maximum Gasteiger partial charge on any atom is 0.427 e. The largest absolute Gasteiger partial charge is 0.462 e. The van der Waals surface area contributed by atoms with Gasteiger partial charge in [-0.1, -0.05) is 156 Å². The molecule has 1 aromatic carbocycles. The van der Waals surface area contributed by atoms with Crippen LogP contribution in [-0.2, 0) is 57.1 Å². The van der Waals surface area contributed by atoms with Gasteiger partial charge < -0.3 is 33.2 Å². The standard InChI is InChI=1S/C15H30O2.2C13H26O2.C12H15F7O2.C10H9F5.C10H17F3O2.C7H13F3O.C6H11F3O/c1-6-9-11-13(12-10-7-2)17-14(16)15(4,5)8-3;1-8-13(6,7)12(14)15-11(9(2)3)10(4)5;1-6-9-11(10-7-2)15-12(14)13(4,5)8-3;1-4-8(2,3)7(20)21-10(15)6-5-9(13,14)11(16,17)12(10,18)19;1-3-4(2)5-6(11)8(13)10(15)9(14)7(5)12;1-6-8(2,3)7(14)15-9(4,5)10(11,12)13;1-4-5(2)11-6(3)7(8,9)10;1-3-5(2)10-4-6(7,8)9/h13H,6-12H2,1-5H3;9-11H,8H2,1-7H3;11H,6-10H2,1-5H3;4-6H2,1-3H3;4H,3H2,1-2H3;6H2,1-5H3;5-6H,4H2,1-3H3;5H,3-4H2,1-2H3. The summed E-state index contributed by atoms with van der Waals surface area (Å²) in [5.41, 5.74) is -6.50. The summed E-state index contributed by atoms with van der Waals surface area (Å²) in [6, 6.07) is 0. The van der Waals surface area contributed by atoms with Crippen LogP contribution in [0.3, 0.4) is 0 Å². The lowest BCUT2D eigenvalue weighted by Crippen LogP contribution is -2.69. The average Bonchev–Trinajstić information content (AvgIpc) is 0.712. The molecule has 5 atom stereocenters. The number of carbonyl (C=O) groups excluding carboxylic acids is 5. The molecule has 0 saturated heterocycles. The predicted octanol–water partition coefficient (Wildman–Crippen LogP) is 28.9. The molecule has 33 heteroatoms. The Kier molecular flexibility index (Phi) is 57.4. The van der Waals surface area contributed by atoms with E-state index in [1.807, 2.05) is 62.3 Å². The van der Waals surface area contributed by atoms with Gasteiger partial charge in [0.25, 0.3) is 0 Å². The Morgan fingerprint density at radius 1 is 0.395 bits per heavy atom. The van der Waals surface area contributed by atoms with Crippen LogP contribution in [0.5, 0.6) is 0 Å². The van der Waals surface area contributed by atoms with Gasteiger partial charge in [-0.3, -0.25) is 24.0 Å². The molecular weight excluding hydrogens is 1620 g/mol. The lowest BCUT2D eigenvalue weighted by atomic mass is 9.84. The van der Waals surface area contributed by atoms with E-state index >= 15 is 0 Å². The molecule has 1 aromatic rings. The smallest absolute Gasteiger partial charge is 0.427 e. The van der Waals surface area contributed by atoms with E-state index in [4.69, 9.17) is 14.2 Å². The fraction of sp³-hybridized carbons (Fsp3) is 0.872. The van der Waals surface area contributed by atoms with Gasteiger partial charge >= 0.3 is 72.0 Å². The van der Waals surface area contributed by atoms with E-state index in [1.54, 1.807) is 55.4 Å². The third kappa shape index (κ3) is 44.5. The number of alkyl halides is 16. The maximum absolute atomic E-state index is 14.1. The van der Waals surface area contributed by atoms with Crippen LogP contribution in [0.25, 0.3) is 0 Å². The molecule has 2 rings (SSSR count). The van der Waals surface area contributed by atoms with Crippen molar-refractivity contribution in [1.82, 2.24) is 0 Å². The van der Waals surface area contributed by atoms with Crippen LogP contribution < -0.4 is 0 Å². The average molecular weight is 1770 g/mol. The number of benzene rings is 1. The molecule has 5 unspecified atom stereocenters. The first-order valence-electron chi connectivity index (χ1n) is 41.4. The van der Waals surface area contributed by atoms with Gasteiger partial charge in [-0.2, -0.15) is 70.2 Å². The van der Waals surface area contributed by atoms with E-state index < -0.39 is 137 Å². The van der Waals surface area contributed by atoms with E-state index in [-0.39, 0.29) is 71.1 Å². The molecule has 0 aromatic heterocycles. The molecule has 0 bridgehead atoms. The number of unbranched alkanes of at least 4 members (excludes halogenated alkanes) is 2. The lowest BCUT2D eigenvalue weighted by molar-refractivity contribution is -0.409. The van der Waals surface area contributed by atoms with Gasteiger partial charge in [0.05, 0.1) is 39.3 Å². The third-order valence-electron chi connectivity index (χ3n) is 20.6. The molecule has 119 heavy (non-hydrogen) atoms. The molecule has 1 saturated carbocycles. The van der Waals surface area contributed by atoms with Crippen molar-refractivity contribution in [1.29, 1.82) is 0 Å². The Morgan fingerprint density at radius 2 is 0.723 bits per heavy atom. The van der Waals surface area contributed by atoms with Crippen LogP contribution in [0.1, 0.15) is 361 Å². The third-order valence-corrected chi connectivity index (χ3v) is 20.6. The second kappa shape index (κ2) is 54.7. The van der Waals surface area contributed by atoms with Gasteiger partial charge in [-0.05, 0) is 199 Å². The normalized spacial score (nSPS) is 16.6. The minimum Gasteiger partial charge on any atom is -0.462 e. The maximum atomic E-state index is 14.1. The summed E-state index contributed by atoms with van der Waals surface area (Å²) in [5, 5.41) is 0. The SMILES string of the molecule is CCC(C)(C)C(=O)OC(C(C)C)C(C)C.CCC(C)(C)C(=O)OC(C)(C)C(F)(F)F.CCC(C)(C)C(=O)OC1(F)CCC(F)(F)C(F)(F)C1(F)F.CCC(C)OC(C)C(F)(F)F.CCC(C)OCC(F)(F)F.CCC(C)c1c(F)c(F)c(F)c(F)c1F.CCCC(CCC)OC(=O)C(C)(C)CC.CCCCC(CCCC)OC(=O)C(C)(C)CC. The Labute approximate surface area is 697 Å². The van der Waals surface area contributed by atoms with Crippen LogP contribution >= 0.6 is 0 Å². The van der Waals surface area contributed by atoms with E-state index in [2.05, 4.69) is 74.3 Å². The first-order chi connectivity index (χ1) is 53.5. The van der Waals surface area contributed by atoms with Gasteiger partial charge in [0.15, 0.2) is 29.4 Å². The molecule has 1 aliphatic rings. The molecule has 0 spiro atoms. The van der Waals surface area contributed by atoms with E-state index in [0.29, 0.717) is 37.5 Å². The Balaban J connectivity index is -0.000000309. The summed E-state index contributed by atoms with van der Waals surface area (Å²) in [5.74, 6) is -33.1. The molecular formula is C86H147F21O12. The van der Waals surface area contributed by atoms with E-state index in [9.17, 15) is 116 Å². The number of rotatable bonds is 35. The topological polar surface area (TPSA) is 150 Å². The summed E-state index contributed by atoms with van der Waals surface area (Å²) in [7, 11) is 0. The summed E-state index contributed by atoms with van der Waals surface area (Å²) in [6.45, 7) is 54.9. The first kappa shape index (κ1) is 125. The number of hydrogen-bond acceptors (Lipinski definition) is 12. The summed E-state index contributed by atoms with van der Waals surface area (Å²) < 4.78 is 299. The Morgan fingerprint density at radius 3 is 1.02 bits per heavy atom. The van der Waals surface area contributed by atoms with E-state index in [1.165, 1.54) is 27.7 Å². The molecule has 1 fully saturated rings. The predicted molar refractivity (Wildman–Crippen MR) is 422 cm³/mol. The second-order valence-corrected chi connectivity index (χ2v) is 34.3. The number of carbonyl (C=O) groups is 5. The van der Waals surface area contributed by atoms with Crippen molar-refractivity contribution in [3.8, 4) is 0 Å². The molecule has 0 heterocycles. The van der Waals surface area contributed by atoms with Gasteiger partial charge in [0, 0.05) is 18.4 Å². The molecule has 0 radical (unpaired) electrons. The minimum absolute atomic E-state index is 0.0304. The Bertz CT molecular complexity index is 2970. The van der Waals surface area contributed by atoms with Crippen molar-refractivity contribution in [3.05, 3.63) is 34.6 Å². The highest BCUT2D eigenvalue weighted by atomic mass is 19.4. The van der Waals surface area contributed by atoms with Crippen molar-refractivity contribution < 1.29 is 149 Å². The number of esters is 5. The summed E-state index contributed by atoms with van der Waals surface area (Å²) in [6.07, 6.45) is -3.31. The zero-order valence-corrected chi connectivity index (χ0v) is 76.9. The number of hydrogen-bond donors (Lipinski definition) is 0. The van der Waals surface area contributed by atoms with Crippen LogP contribution in [0.4, 0.5) is 92.2 Å². The number of ether oxygens (including phenoxy) is 7. The monoisotopic (exact) mass is 1770 g/mol. The highest BCUT2D eigenvalue weighted by Crippen LogP contribution is 2.60. The molecule has 710 valence electrons. The van der Waals surface area contributed by atoms with Crippen LogP contribution in [0.2, 0.25) is 0 Å². The minimum atomic E-state index is -5.95. The fourth-order valence-corrected chi connectivity index (χ4v) is 8.76. The molecule has 12 nitrogen and oxygen atoms in total. The molecule has 0 aliphatic heterocycles. The first-order valence-corrected chi connectivity index (χ1v) is 41.4. The van der Waals surface area contributed by atoms with Gasteiger partial charge in [0.1, 0.15) is 24.9 Å². The zero-order valence-electron chi connectivity index (χ0n) is 76.9. The van der Waals surface area contributed by atoms with Crippen molar-refractivity contribution in [2.24, 2.45) is 38.9 Å². The summed E-state index contributed by atoms with van der Waals surface area (Å²) >= 11 is 0. The van der Waals surface area contributed by atoms with Gasteiger partial charge in [-0.15, -0.1) is 0 Å². The zero-order chi connectivity index (χ0) is 95.8. The van der Waals surface area contributed by atoms with Crippen molar-refractivity contribution in [2.45, 2.75) is 440 Å². The van der Waals surface area contributed by atoms with Crippen molar-refractivity contribution in [2.75, 3.05) is 6.61 Å². The molecule has 1 aliphatic carbocycles. The number of halogens is 21. The van der Waals surface area contributed by atoms with Gasteiger partial charge in [0.2, 0.25) is 11.4 Å². The quantitative estimate of drug-likeness (QED) is 0.0209. The van der Waals surface area contributed by atoms with E-state index in [0.717, 1.165) is 104 Å². The van der Waals surface area contributed by atoms with Crippen molar-refractivity contribution >= 4 is 29.8 Å². The lowest BCUT2D eigenvalue weighted by Gasteiger charge is -2.45. The van der Waals surface area contributed by atoms with Crippen molar-refractivity contribution in [3.63, 3.8) is 0 Å². The Hall–Kier alpha value is -4.98. The highest BCUT2D eigenvalue weighted by molar-refractivity contribution is 5.78. The van der Waals surface area contributed by atoms with Crippen LogP contribution in [-0.4, -0.2) is 121 Å². The van der Waals surface area contributed by atoms with Gasteiger partial charge in [-0.25, -0.2) is 22.0 Å². The summed E-state index contributed by atoms with van der Waals surface area (Å²) in [4.78, 5) is 58.8. The second-order valence-electron chi connectivity index (χ2n) is 34.3. The van der Waals surface area contributed by atoms with Crippen LogP contribution in [0, 0.1) is 68.0 Å². The highest BCUT2D eigenvalue weighted by Gasteiger charge is 2.84. The molecule has 0 amide bonds.